The van der Waals surface area contributed by atoms with Crippen molar-refractivity contribution in [3.05, 3.63) is 0 Å². The zero-order chi connectivity index (χ0) is 17.6. The fraction of sp³-hybridized carbons (Fsp3) is 1.00. The van der Waals surface area contributed by atoms with Gasteiger partial charge in [-0.3, -0.25) is 9.05 Å². The Kier molecular flexibility index (Phi) is 13.6. The van der Waals surface area contributed by atoms with E-state index in [4.69, 9.17) is 9.47 Å². The van der Waals surface area contributed by atoms with Gasteiger partial charge in [-0.2, -0.15) is 4.31 Å². The number of unbranched alkanes of at least 4 members (excludes halogenated alkanes) is 2. The highest BCUT2D eigenvalue weighted by molar-refractivity contribution is 7.61. The minimum Gasteiger partial charge on any atom is -0.379 e. The molecule has 140 valence electrons. The zero-order valence-electron chi connectivity index (χ0n) is 13.7. The average molecular weight is 378 g/mol. The van der Waals surface area contributed by atoms with Crippen molar-refractivity contribution in [2.24, 2.45) is 0 Å². The van der Waals surface area contributed by atoms with E-state index in [1.165, 1.54) is 0 Å². The number of ether oxygens (including phenoxy) is 2. The topological polar surface area (TPSA) is 121 Å². The van der Waals surface area contributed by atoms with Crippen LogP contribution in [0.4, 0.5) is 0 Å². The molecule has 0 spiro atoms. The fourth-order valence-corrected chi connectivity index (χ4v) is 3.33. The van der Waals surface area contributed by atoms with E-state index in [0.717, 1.165) is 25.7 Å². The lowest BCUT2D eigenvalue weighted by atomic mass is 10.4. The number of phosphoric acid groups is 2. The molecule has 0 bridgehead atoms. The molecule has 0 fully saturated rings. The minimum atomic E-state index is -4.69. The zero-order valence-corrected chi connectivity index (χ0v) is 15.5. The van der Waals surface area contributed by atoms with Gasteiger partial charge in [0.15, 0.2) is 0 Å². The quantitative estimate of drug-likeness (QED) is 0.308. The summed E-state index contributed by atoms with van der Waals surface area (Å²) in [7, 11) is -9.39. The van der Waals surface area contributed by atoms with Crippen LogP contribution in [-0.2, 0) is 32.0 Å². The van der Waals surface area contributed by atoms with Gasteiger partial charge in [-0.05, 0) is 12.8 Å². The molecule has 0 aliphatic heterocycles. The van der Waals surface area contributed by atoms with Crippen molar-refractivity contribution >= 4 is 15.6 Å². The summed E-state index contributed by atoms with van der Waals surface area (Å²) in [5.41, 5.74) is 0. The van der Waals surface area contributed by atoms with Crippen LogP contribution in [0.1, 0.15) is 39.5 Å². The molecule has 0 aliphatic carbocycles. The Morgan fingerprint density at radius 3 is 1.43 bits per heavy atom. The second-order valence-electron chi connectivity index (χ2n) is 4.62. The van der Waals surface area contributed by atoms with E-state index in [1.54, 1.807) is 0 Å². The molecular weight excluding hydrogens is 350 g/mol. The molecule has 2 unspecified atom stereocenters. The Balaban J connectivity index is 3.87. The van der Waals surface area contributed by atoms with Crippen LogP contribution in [0.15, 0.2) is 0 Å². The van der Waals surface area contributed by atoms with Gasteiger partial charge in [0.1, 0.15) is 0 Å². The molecule has 0 aliphatic rings. The molecule has 0 aromatic heterocycles. The van der Waals surface area contributed by atoms with E-state index in [1.807, 2.05) is 13.8 Å². The summed E-state index contributed by atoms with van der Waals surface area (Å²) in [6.07, 6.45) is 3.67. The highest BCUT2D eigenvalue weighted by Crippen LogP contribution is 2.60. The maximum atomic E-state index is 11.5. The van der Waals surface area contributed by atoms with Crippen LogP contribution in [0.5, 0.6) is 0 Å². The van der Waals surface area contributed by atoms with Gasteiger partial charge in [0.05, 0.1) is 26.4 Å². The monoisotopic (exact) mass is 378 g/mol. The molecule has 0 saturated heterocycles. The summed E-state index contributed by atoms with van der Waals surface area (Å²) < 4.78 is 46.4. The smallest absolute Gasteiger partial charge is 0.379 e. The van der Waals surface area contributed by atoms with Gasteiger partial charge >= 0.3 is 15.6 Å². The van der Waals surface area contributed by atoms with E-state index < -0.39 is 15.6 Å². The Morgan fingerprint density at radius 2 is 1.09 bits per heavy atom. The second-order valence-corrected chi connectivity index (χ2v) is 7.66. The van der Waals surface area contributed by atoms with Crippen molar-refractivity contribution in [2.75, 3.05) is 39.6 Å². The van der Waals surface area contributed by atoms with Gasteiger partial charge in [0.2, 0.25) is 0 Å². The van der Waals surface area contributed by atoms with Crippen LogP contribution >= 0.6 is 15.6 Å². The van der Waals surface area contributed by atoms with E-state index in [0.29, 0.717) is 13.2 Å². The first kappa shape index (κ1) is 23.2. The Bertz CT molecular complexity index is 344. The minimum absolute atomic E-state index is 0.0791. The van der Waals surface area contributed by atoms with Gasteiger partial charge in [0.25, 0.3) is 0 Å². The molecule has 11 heteroatoms. The third kappa shape index (κ3) is 15.4. The van der Waals surface area contributed by atoms with Crippen molar-refractivity contribution < 1.29 is 41.7 Å². The first-order chi connectivity index (χ1) is 10.8. The number of phosphoric ester groups is 2. The van der Waals surface area contributed by atoms with Gasteiger partial charge < -0.3 is 19.3 Å². The maximum Gasteiger partial charge on any atom is 0.481 e. The molecule has 0 radical (unpaired) electrons. The van der Waals surface area contributed by atoms with Gasteiger partial charge in [-0.15, -0.1) is 0 Å². The van der Waals surface area contributed by atoms with Crippen LogP contribution < -0.4 is 0 Å². The number of hydrogen-bond acceptors (Lipinski definition) is 7. The third-order valence-electron chi connectivity index (χ3n) is 2.46. The Hall–Kier alpha value is 0.180. The SMILES string of the molecule is CCCCOCCOP(=O)(O)OP(=O)(O)OCCOCCCC. The van der Waals surface area contributed by atoms with E-state index in [9.17, 15) is 18.9 Å². The number of rotatable bonds is 16. The summed E-state index contributed by atoms with van der Waals surface area (Å²) in [5.74, 6) is 0. The van der Waals surface area contributed by atoms with E-state index in [-0.39, 0.29) is 26.4 Å². The Morgan fingerprint density at radius 1 is 0.696 bits per heavy atom. The summed E-state index contributed by atoms with van der Waals surface area (Å²) >= 11 is 0. The standard InChI is InChI=1S/C12H28O9P2/c1-3-5-7-17-9-11-19-22(13,14)21-23(15,16)20-12-10-18-8-6-4-2/h3-12H2,1-2H3,(H,13,14)(H,15,16). The van der Waals surface area contributed by atoms with Crippen LogP contribution in [0, 0.1) is 0 Å². The Labute approximate surface area is 137 Å². The van der Waals surface area contributed by atoms with E-state index >= 15 is 0 Å². The van der Waals surface area contributed by atoms with Crippen molar-refractivity contribution in [3.8, 4) is 0 Å². The van der Waals surface area contributed by atoms with Crippen molar-refractivity contribution in [1.82, 2.24) is 0 Å². The van der Waals surface area contributed by atoms with Crippen molar-refractivity contribution in [1.29, 1.82) is 0 Å². The summed E-state index contributed by atoms with van der Waals surface area (Å²) in [6.45, 7) is 4.71. The molecule has 9 nitrogen and oxygen atoms in total. The second kappa shape index (κ2) is 13.5. The molecule has 0 rings (SSSR count). The van der Waals surface area contributed by atoms with Gasteiger partial charge in [-0.1, -0.05) is 26.7 Å². The molecule has 0 aromatic rings. The van der Waals surface area contributed by atoms with Crippen molar-refractivity contribution in [2.45, 2.75) is 39.5 Å². The molecule has 0 amide bonds. The molecule has 0 aromatic carbocycles. The van der Waals surface area contributed by atoms with Crippen LogP contribution in [-0.4, -0.2) is 49.4 Å². The summed E-state index contributed by atoms with van der Waals surface area (Å²) in [6, 6.07) is 0. The number of hydrogen-bond donors (Lipinski definition) is 2. The lowest BCUT2D eigenvalue weighted by Gasteiger charge is -2.16. The third-order valence-corrected chi connectivity index (χ3v) is 5.12. The van der Waals surface area contributed by atoms with Crippen molar-refractivity contribution in [3.63, 3.8) is 0 Å². The van der Waals surface area contributed by atoms with Gasteiger partial charge in [-0.25, -0.2) is 9.13 Å². The highest BCUT2D eigenvalue weighted by atomic mass is 31.3. The normalized spacial score (nSPS) is 16.9. The molecular formula is C12H28O9P2. The van der Waals surface area contributed by atoms with Crippen LogP contribution in [0.25, 0.3) is 0 Å². The predicted octanol–water partition coefficient (Wildman–Crippen LogP) is 2.87. The molecule has 0 heterocycles. The summed E-state index contributed by atoms with van der Waals surface area (Å²) in [4.78, 5) is 18.7. The maximum absolute atomic E-state index is 11.5. The van der Waals surface area contributed by atoms with Crippen LogP contribution in [0.2, 0.25) is 0 Å². The predicted molar refractivity (Wildman–Crippen MR) is 84.1 cm³/mol. The largest absolute Gasteiger partial charge is 0.481 e. The fourth-order valence-electron chi connectivity index (χ4n) is 1.30. The molecule has 2 N–H and O–H groups in total. The molecule has 23 heavy (non-hydrogen) atoms. The lowest BCUT2D eigenvalue weighted by Crippen LogP contribution is -2.07. The summed E-state index contributed by atoms with van der Waals surface area (Å²) in [5, 5.41) is 0. The molecule has 2 atom stereocenters. The molecule has 0 saturated carbocycles. The lowest BCUT2D eigenvalue weighted by molar-refractivity contribution is 0.0714. The average Bonchev–Trinajstić information content (AvgIpc) is 2.45. The first-order valence-corrected chi connectivity index (χ1v) is 10.6. The van der Waals surface area contributed by atoms with Gasteiger partial charge in [0, 0.05) is 13.2 Å². The van der Waals surface area contributed by atoms with Crippen LogP contribution in [0.3, 0.4) is 0 Å². The highest BCUT2D eigenvalue weighted by Gasteiger charge is 2.35. The van der Waals surface area contributed by atoms with E-state index in [2.05, 4.69) is 13.4 Å². The first-order valence-electron chi connectivity index (χ1n) is 7.64.